The molecule has 0 N–H and O–H groups in total. The predicted molar refractivity (Wildman–Crippen MR) is 55.5 cm³/mol. The minimum Gasteiger partial charge on any atom is -0.481 e. The largest absolute Gasteiger partial charge is 0.481 e. The van der Waals surface area contributed by atoms with Gasteiger partial charge >= 0.3 is 6.18 Å². The summed E-state index contributed by atoms with van der Waals surface area (Å²) in [6, 6.07) is 0.723. The Balaban J connectivity index is 0.00000106. The van der Waals surface area contributed by atoms with Gasteiger partial charge in [0.15, 0.2) is 5.69 Å². The highest BCUT2D eigenvalue weighted by Crippen LogP contribution is 2.31. The van der Waals surface area contributed by atoms with Crippen molar-refractivity contribution in [1.29, 1.82) is 0 Å². The van der Waals surface area contributed by atoms with Gasteiger partial charge in [-0.2, -0.15) is 18.3 Å². The summed E-state index contributed by atoms with van der Waals surface area (Å²) in [5.41, 5.74) is -0.928. The van der Waals surface area contributed by atoms with Gasteiger partial charge in [-0.15, -0.1) is 0 Å². The van der Waals surface area contributed by atoms with Gasteiger partial charge in [0.2, 0.25) is 5.88 Å². The van der Waals surface area contributed by atoms with Crippen LogP contribution in [0.3, 0.4) is 0 Å². The smallest absolute Gasteiger partial charge is 0.435 e. The van der Waals surface area contributed by atoms with E-state index in [2.05, 4.69) is 5.10 Å². The number of hydrogen-bond donors (Lipinski definition) is 0. The van der Waals surface area contributed by atoms with Crippen molar-refractivity contribution in [3.8, 4) is 5.88 Å². The number of rotatable bonds is 2. The average Bonchev–Trinajstić information content (AvgIpc) is 2.64. The van der Waals surface area contributed by atoms with Crippen LogP contribution in [0.25, 0.3) is 0 Å². The van der Waals surface area contributed by atoms with Gasteiger partial charge < -0.3 is 4.74 Å². The van der Waals surface area contributed by atoms with Gasteiger partial charge in [0.25, 0.3) is 0 Å². The fraction of sp³-hybridized carbons (Fsp3) is 0.700. The number of halogens is 3. The molecule has 6 heteroatoms. The lowest BCUT2D eigenvalue weighted by molar-refractivity contribution is -0.141. The van der Waals surface area contributed by atoms with Crippen molar-refractivity contribution >= 4 is 0 Å². The van der Waals surface area contributed by atoms with E-state index in [4.69, 9.17) is 4.74 Å². The number of methoxy groups -OCH3 is 1. The molecule has 0 aromatic carbocycles. The molecule has 1 rings (SSSR count). The number of nitrogens with zero attached hydrogens (tertiary/aromatic N) is 2. The molecule has 1 aromatic heterocycles. The first-order chi connectivity index (χ1) is 7.36. The Hall–Kier alpha value is -1.20. The van der Waals surface area contributed by atoms with Crippen molar-refractivity contribution in [2.75, 3.05) is 7.11 Å². The summed E-state index contributed by atoms with van der Waals surface area (Å²) >= 11 is 0. The Morgan fingerprint density at radius 2 is 1.81 bits per heavy atom. The molecule has 0 aliphatic heterocycles. The second kappa shape index (κ2) is 5.77. The highest BCUT2D eigenvalue weighted by molar-refractivity contribution is 5.18. The summed E-state index contributed by atoms with van der Waals surface area (Å²) in [5, 5.41) is 3.42. The minimum absolute atomic E-state index is 0.118. The van der Waals surface area contributed by atoms with E-state index in [0.29, 0.717) is 0 Å². The Bertz CT molecular complexity index is 318. The Morgan fingerprint density at radius 3 is 2.06 bits per heavy atom. The molecule has 0 aliphatic rings. The third-order valence-electron chi connectivity index (χ3n) is 1.69. The molecule has 0 saturated heterocycles. The number of ether oxygens (including phenoxy) is 1. The fourth-order valence-electron chi connectivity index (χ4n) is 1.04. The molecule has 16 heavy (non-hydrogen) atoms. The minimum atomic E-state index is -4.42. The Labute approximate surface area is 93.2 Å². The van der Waals surface area contributed by atoms with Gasteiger partial charge in [0.05, 0.1) is 13.2 Å². The second-order valence-corrected chi connectivity index (χ2v) is 3.11. The van der Waals surface area contributed by atoms with Crippen molar-refractivity contribution in [2.45, 2.75) is 39.9 Å². The summed E-state index contributed by atoms with van der Waals surface area (Å²) in [5.74, 6) is 0.118. The normalized spacial score (nSPS) is 11.1. The molecule has 0 amide bonds. The lowest BCUT2D eigenvalue weighted by atomic mass is 10.4. The van der Waals surface area contributed by atoms with E-state index in [1.54, 1.807) is 13.8 Å². The molecule has 0 saturated carbocycles. The molecule has 3 nitrogen and oxygen atoms in total. The molecular formula is C10H17F3N2O. The van der Waals surface area contributed by atoms with Crippen molar-refractivity contribution in [3.63, 3.8) is 0 Å². The summed E-state index contributed by atoms with van der Waals surface area (Å²) < 4.78 is 42.7. The fourth-order valence-corrected chi connectivity index (χ4v) is 1.04. The first-order valence-electron chi connectivity index (χ1n) is 5.07. The molecule has 0 aliphatic carbocycles. The van der Waals surface area contributed by atoms with Gasteiger partial charge in [-0.3, -0.25) is 0 Å². The molecule has 0 radical (unpaired) electrons. The van der Waals surface area contributed by atoms with E-state index >= 15 is 0 Å². The van der Waals surface area contributed by atoms with Crippen molar-refractivity contribution in [3.05, 3.63) is 11.8 Å². The van der Waals surface area contributed by atoms with Gasteiger partial charge in [-0.05, 0) is 13.8 Å². The van der Waals surface area contributed by atoms with Gasteiger partial charge in [-0.1, -0.05) is 13.8 Å². The maximum Gasteiger partial charge on any atom is 0.435 e. The van der Waals surface area contributed by atoms with E-state index in [0.717, 1.165) is 6.07 Å². The average molecular weight is 238 g/mol. The maximum atomic E-state index is 12.2. The maximum absolute atomic E-state index is 12.2. The lowest BCUT2D eigenvalue weighted by Gasteiger charge is -2.08. The van der Waals surface area contributed by atoms with Crippen molar-refractivity contribution in [2.24, 2.45) is 0 Å². The number of alkyl halides is 3. The van der Waals surface area contributed by atoms with Gasteiger partial charge in [0.1, 0.15) is 0 Å². The monoisotopic (exact) mass is 238 g/mol. The molecule has 0 spiro atoms. The summed E-state index contributed by atoms with van der Waals surface area (Å²) in [4.78, 5) is 0. The van der Waals surface area contributed by atoms with Crippen molar-refractivity contribution in [1.82, 2.24) is 9.78 Å². The SMILES string of the molecule is CC.COc1cc(C(F)(F)F)nn1C(C)C. The van der Waals surface area contributed by atoms with Crippen LogP contribution < -0.4 is 4.74 Å². The van der Waals surface area contributed by atoms with Crippen LogP contribution in [0.1, 0.15) is 39.4 Å². The van der Waals surface area contributed by atoms with Crippen LogP contribution in [0.15, 0.2) is 6.07 Å². The van der Waals surface area contributed by atoms with E-state index < -0.39 is 11.9 Å². The zero-order chi connectivity index (χ0) is 12.9. The van der Waals surface area contributed by atoms with Crippen LogP contribution in [0.2, 0.25) is 0 Å². The molecule has 1 heterocycles. The van der Waals surface area contributed by atoms with Gasteiger partial charge in [-0.25, -0.2) is 4.68 Å². The molecule has 1 aromatic rings. The predicted octanol–water partition coefficient (Wildman–Crippen LogP) is 3.52. The Morgan fingerprint density at radius 1 is 1.31 bits per heavy atom. The van der Waals surface area contributed by atoms with Crippen LogP contribution >= 0.6 is 0 Å². The van der Waals surface area contributed by atoms with Crippen LogP contribution in [0.5, 0.6) is 5.88 Å². The van der Waals surface area contributed by atoms with Crippen LogP contribution in [-0.2, 0) is 6.18 Å². The standard InChI is InChI=1S/C8H11F3N2O.C2H6/c1-5(2)13-7(14-3)4-6(12-13)8(9,10)11;1-2/h4-5H,1-3H3;1-2H3. The third-order valence-corrected chi connectivity index (χ3v) is 1.69. The molecule has 0 bridgehead atoms. The first-order valence-corrected chi connectivity index (χ1v) is 5.07. The third kappa shape index (κ3) is 3.43. The number of aromatic nitrogens is 2. The zero-order valence-electron chi connectivity index (χ0n) is 10.1. The Kier molecular flexibility index (Phi) is 5.33. The topological polar surface area (TPSA) is 27.1 Å². The highest BCUT2D eigenvalue weighted by Gasteiger charge is 2.35. The molecule has 0 unspecified atom stereocenters. The number of hydrogen-bond acceptors (Lipinski definition) is 2. The van der Waals surface area contributed by atoms with Gasteiger partial charge in [0, 0.05) is 6.07 Å². The molecule has 0 atom stereocenters. The van der Waals surface area contributed by atoms with Crippen LogP contribution in [0, 0.1) is 0 Å². The summed E-state index contributed by atoms with van der Waals surface area (Å²) in [6.45, 7) is 7.46. The van der Waals surface area contributed by atoms with E-state index in [-0.39, 0.29) is 11.9 Å². The highest BCUT2D eigenvalue weighted by atomic mass is 19.4. The van der Waals surface area contributed by atoms with Crippen LogP contribution in [0.4, 0.5) is 13.2 Å². The van der Waals surface area contributed by atoms with Crippen molar-refractivity contribution < 1.29 is 17.9 Å². The molecular weight excluding hydrogens is 221 g/mol. The molecule has 94 valence electrons. The quantitative estimate of drug-likeness (QED) is 0.788. The van der Waals surface area contributed by atoms with E-state index in [9.17, 15) is 13.2 Å². The van der Waals surface area contributed by atoms with E-state index in [1.165, 1.54) is 11.8 Å². The summed E-state index contributed by atoms with van der Waals surface area (Å²) in [7, 11) is 1.32. The van der Waals surface area contributed by atoms with Crippen LogP contribution in [-0.4, -0.2) is 16.9 Å². The lowest BCUT2D eigenvalue weighted by Crippen LogP contribution is -2.09. The molecule has 0 fully saturated rings. The second-order valence-electron chi connectivity index (χ2n) is 3.11. The zero-order valence-corrected chi connectivity index (χ0v) is 10.1. The van der Waals surface area contributed by atoms with E-state index in [1.807, 2.05) is 13.8 Å². The first kappa shape index (κ1) is 14.8. The summed E-state index contributed by atoms with van der Waals surface area (Å²) in [6.07, 6.45) is -4.42.